The van der Waals surface area contributed by atoms with Gasteiger partial charge >= 0.3 is 0 Å². The van der Waals surface area contributed by atoms with Gasteiger partial charge in [0.2, 0.25) is 0 Å². The summed E-state index contributed by atoms with van der Waals surface area (Å²) in [5, 5.41) is 0. The predicted octanol–water partition coefficient (Wildman–Crippen LogP) is 3.82. The van der Waals surface area contributed by atoms with Gasteiger partial charge in [-0.1, -0.05) is 26.0 Å². The number of nitrogens with two attached hydrogens (primary N) is 1. The molecule has 1 aromatic carbocycles. The summed E-state index contributed by atoms with van der Waals surface area (Å²) in [5.74, 6) is 1.12. The third-order valence-corrected chi connectivity index (χ3v) is 3.66. The first kappa shape index (κ1) is 17.1. The maximum Gasteiger partial charge on any atom is 0.252 e. The zero-order valence-electron chi connectivity index (χ0n) is 13.9. The summed E-state index contributed by atoms with van der Waals surface area (Å²) in [4.78, 5) is 11.7. The van der Waals surface area contributed by atoms with E-state index >= 15 is 0 Å². The SMILES string of the molecule is CCCOC1=C(C(N)=O)C=C(c2cccc(OCCC)c2)CC1. The molecule has 1 aliphatic rings. The van der Waals surface area contributed by atoms with Crippen LogP contribution in [0.25, 0.3) is 5.57 Å². The summed E-state index contributed by atoms with van der Waals surface area (Å²) < 4.78 is 11.4. The van der Waals surface area contributed by atoms with Crippen LogP contribution in [0.15, 0.2) is 41.7 Å². The molecular formula is C19H25NO3. The highest BCUT2D eigenvalue weighted by atomic mass is 16.5. The molecule has 0 aliphatic heterocycles. The molecule has 2 rings (SSSR count). The number of carbonyl (C=O) groups excluding carboxylic acids is 1. The minimum atomic E-state index is -0.438. The van der Waals surface area contributed by atoms with E-state index in [-0.39, 0.29) is 0 Å². The van der Waals surface area contributed by atoms with E-state index in [1.54, 1.807) is 0 Å². The summed E-state index contributed by atoms with van der Waals surface area (Å²) in [5.41, 5.74) is 8.15. The summed E-state index contributed by atoms with van der Waals surface area (Å²) in [7, 11) is 0. The molecule has 23 heavy (non-hydrogen) atoms. The Kier molecular flexibility index (Phi) is 6.27. The molecule has 1 amide bonds. The molecule has 0 saturated carbocycles. The molecule has 0 saturated heterocycles. The van der Waals surface area contributed by atoms with Gasteiger partial charge in [-0.3, -0.25) is 4.79 Å². The first-order valence-electron chi connectivity index (χ1n) is 8.25. The highest BCUT2D eigenvalue weighted by Crippen LogP contribution is 2.32. The monoisotopic (exact) mass is 315 g/mol. The van der Waals surface area contributed by atoms with Crippen molar-refractivity contribution >= 4 is 11.5 Å². The lowest BCUT2D eigenvalue weighted by Crippen LogP contribution is -2.18. The van der Waals surface area contributed by atoms with Crippen molar-refractivity contribution in [3.63, 3.8) is 0 Å². The number of hydrogen-bond acceptors (Lipinski definition) is 3. The van der Waals surface area contributed by atoms with Crippen LogP contribution in [0.2, 0.25) is 0 Å². The van der Waals surface area contributed by atoms with Crippen molar-refractivity contribution < 1.29 is 14.3 Å². The van der Waals surface area contributed by atoms with Crippen LogP contribution >= 0.6 is 0 Å². The second kappa shape index (κ2) is 8.42. The van der Waals surface area contributed by atoms with Crippen LogP contribution in [0.1, 0.15) is 45.1 Å². The average Bonchev–Trinajstić information content (AvgIpc) is 2.58. The molecule has 0 aromatic heterocycles. The number of benzene rings is 1. The lowest BCUT2D eigenvalue weighted by molar-refractivity contribution is -0.114. The van der Waals surface area contributed by atoms with Crippen LogP contribution in [-0.4, -0.2) is 19.1 Å². The van der Waals surface area contributed by atoms with Crippen molar-refractivity contribution in [3.8, 4) is 5.75 Å². The Labute approximate surface area is 138 Å². The molecule has 1 aromatic rings. The lowest BCUT2D eigenvalue weighted by atomic mass is 9.92. The van der Waals surface area contributed by atoms with Crippen molar-refractivity contribution in [3.05, 3.63) is 47.2 Å². The standard InChI is InChI=1S/C19H25NO3/c1-3-10-22-16-7-5-6-14(12-16)15-8-9-18(23-11-4-2)17(13-15)19(20)21/h5-7,12-13H,3-4,8-11H2,1-2H3,(H2,20,21). The second-order valence-corrected chi connectivity index (χ2v) is 5.60. The molecule has 0 heterocycles. The predicted molar refractivity (Wildman–Crippen MR) is 91.9 cm³/mol. The molecule has 0 fully saturated rings. The van der Waals surface area contributed by atoms with Crippen LogP contribution in [0.3, 0.4) is 0 Å². The van der Waals surface area contributed by atoms with Crippen LogP contribution in [-0.2, 0) is 9.53 Å². The highest BCUT2D eigenvalue weighted by molar-refractivity contribution is 5.98. The van der Waals surface area contributed by atoms with Gasteiger partial charge in [-0.15, -0.1) is 0 Å². The number of carbonyl (C=O) groups is 1. The van der Waals surface area contributed by atoms with Gasteiger partial charge in [-0.05, 0) is 48.6 Å². The van der Waals surface area contributed by atoms with E-state index in [0.717, 1.165) is 36.1 Å². The topological polar surface area (TPSA) is 61.5 Å². The van der Waals surface area contributed by atoms with Crippen LogP contribution in [0, 0.1) is 0 Å². The molecular weight excluding hydrogens is 290 g/mol. The maximum atomic E-state index is 11.7. The minimum Gasteiger partial charge on any atom is -0.497 e. The number of hydrogen-bond donors (Lipinski definition) is 1. The fraction of sp³-hybridized carbons (Fsp3) is 0.421. The fourth-order valence-electron chi connectivity index (χ4n) is 2.53. The highest BCUT2D eigenvalue weighted by Gasteiger charge is 2.19. The molecule has 0 atom stereocenters. The largest absolute Gasteiger partial charge is 0.497 e. The van der Waals surface area contributed by atoms with Gasteiger partial charge < -0.3 is 15.2 Å². The Bertz CT molecular complexity index is 617. The molecule has 2 N–H and O–H groups in total. The van der Waals surface area contributed by atoms with Crippen molar-refractivity contribution in [2.75, 3.05) is 13.2 Å². The Morgan fingerprint density at radius 2 is 1.87 bits per heavy atom. The first-order valence-corrected chi connectivity index (χ1v) is 8.25. The molecule has 4 heteroatoms. The van der Waals surface area contributed by atoms with E-state index < -0.39 is 5.91 Å². The quantitative estimate of drug-likeness (QED) is 0.793. The summed E-state index contributed by atoms with van der Waals surface area (Å²) in [6.45, 7) is 5.42. The van der Waals surface area contributed by atoms with Gasteiger partial charge in [0.05, 0.1) is 18.8 Å². The number of allylic oxidation sites excluding steroid dienone is 2. The Morgan fingerprint density at radius 1 is 1.13 bits per heavy atom. The molecule has 0 radical (unpaired) electrons. The van der Waals surface area contributed by atoms with E-state index in [4.69, 9.17) is 15.2 Å². The Balaban J connectivity index is 2.26. The number of amides is 1. The van der Waals surface area contributed by atoms with Crippen molar-refractivity contribution in [1.29, 1.82) is 0 Å². The number of ether oxygens (including phenoxy) is 2. The van der Waals surface area contributed by atoms with E-state index in [0.29, 0.717) is 31.0 Å². The Morgan fingerprint density at radius 3 is 2.57 bits per heavy atom. The molecule has 4 nitrogen and oxygen atoms in total. The Hall–Kier alpha value is -2.23. The van der Waals surface area contributed by atoms with Crippen molar-refractivity contribution in [2.45, 2.75) is 39.5 Å². The zero-order valence-corrected chi connectivity index (χ0v) is 13.9. The number of primary amides is 1. The maximum absolute atomic E-state index is 11.7. The molecule has 1 aliphatic carbocycles. The third kappa shape index (κ3) is 4.62. The van der Waals surface area contributed by atoms with Crippen LogP contribution in [0.5, 0.6) is 5.75 Å². The third-order valence-electron chi connectivity index (χ3n) is 3.66. The summed E-state index contributed by atoms with van der Waals surface area (Å²) >= 11 is 0. The zero-order chi connectivity index (χ0) is 16.7. The van der Waals surface area contributed by atoms with E-state index in [2.05, 4.69) is 6.92 Å². The second-order valence-electron chi connectivity index (χ2n) is 5.60. The summed E-state index contributed by atoms with van der Waals surface area (Å²) in [6, 6.07) is 7.96. The summed E-state index contributed by atoms with van der Waals surface area (Å²) in [6.07, 6.45) is 5.26. The lowest BCUT2D eigenvalue weighted by Gasteiger charge is -2.20. The molecule has 0 bridgehead atoms. The average molecular weight is 315 g/mol. The van der Waals surface area contributed by atoms with Gasteiger partial charge in [-0.25, -0.2) is 0 Å². The molecule has 124 valence electrons. The van der Waals surface area contributed by atoms with Crippen molar-refractivity contribution in [1.82, 2.24) is 0 Å². The normalized spacial score (nSPS) is 14.4. The van der Waals surface area contributed by atoms with E-state index in [9.17, 15) is 4.79 Å². The van der Waals surface area contributed by atoms with Gasteiger partial charge in [0.1, 0.15) is 11.5 Å². The van der Waals surface area contributed by atoms with Gasteiger partial charge in [0.25, 0.3) is 5.91 Å². The number of rotatable bonds is 8. The van der Waals surface area contributed by atoms with Crippen LogP contribution < -0.4 is 10.5 Å². The van der Waals surface area contributed by atoms with E-state index in [1.165, 1.54) is 0 Å². The van der Waals surface area contributed by atoms with Gasteiger partial charge in [0.15, 0.2) is 0 Å². The smallest absolute Gasteiger partial charge is 0.252 e. The first-order chi connectivity index (χ1) is 11.2. The minimum absolute atomic E-state index is 0.438. The molecule has 0 spiro atoms. The van der Waals surface area contributed by atoms with Crippen LogP contribution in [0.4, 0.5) is 0 Å². The molecule has 0 unspecified atom stereocenters. The fourth-order valence-corrected chi connectivity index (χ4v) is 2.53. The van der Waals surface area contributed by atoms with Crippen molar-refractivity contribution in [2.24, 2.45) is 5.73 Å². The van der Waals surface area contributed by atoms with Gasteiger partial charge in [-0.2, -0.15) is 0 Å². The van der Waals surface area contributed by atoms with Gasteiger partial charge in [0, 0.05) is 6.42 Å². The van der Waals surface area contributed by atoms with E-state index in [1.807, 2.05) is 37.3 Å².